The smallest absolute Gasteiger partial charge is 0.193 e. The number of nitrogens with zero attached hydrogens (tertiary/aromatic N) is 2. The molecule has 1 unspecified atom stereocenters. The highest BCUT2D eigenvalue weighted by Crippen LogP contribution is 2.18. The fourth-order valence-electron chi connectivity index (χ4n) is 3.28. The second-order valence-electron chi connectivity index (χ2n) is 6.66. The van der Waals surface area contributed by atoms with E-state index in [-0.39, 0.29) is 24.0 Å². The standard InChI is InChI=1S/C19H31N3O.HI/c1-6-20-19(22(5)12-17-7-8-23-13-17)21-11-18-15(3)9-14(2)10-16(18)4;/h9-10,17H,6-8,11-13H2,1-5H3,(H,20,21);1H. The first-order valence-corrected chi connectivity index (χ1v) is 8.65. The van der Waals surface area contributed by atoms with Crippen LogP contribution in [0.3, 0.4) is 0 Å². The van der Waals surface area contributed by atoms with E-state index >= 15 is 0 Å². The van der Waals surface area contributed by atoms with E-state index in [0.717, 1.165) is 45.2 Å². The third-order valence-corrected chi connectivity index (χ3v) is 4.48. The SMILES string of the molecule is CCNC(=NCc1c(C)cc(C)cc1C)N(C)CC1CCOC1.I. The van der Waals surface area contributed by atoms with E-state index in [1.807, 2.05) is 0 Å². The molecule has 1 fully saturated rings. The number of aryl methyl sites for hydroxylation is 3. The number of guanidine groups is 1. The van der Waals surface area contributed by atoms with Crippen LogP contribution in [0.1, 0.15) is 35.6 Å². The second-order valence-corrected chi connectivity index (χ2v) is 6.66. The minimum Gasteiger partial charge on any atom is -0.381 e. The number of ether oxygens (including phenoxy) is 1. The summed E-state index contributed by atoms with van der Waals surface area (Å²) in [5.74, 6) is 1.60. The summed E-state index contributed by atoms with van der Waals surface area (Å²) in [6.45, 7) is 13.0. The summed E-state index contributed by atoms with van der Waals surface area (Å²) in [7, 11) is 2.12. The highest BCUT2D eigenvalue weighted by atomic mass is 127. The number of halogens is 1. The number of rotatable bonds is 5. The van der Waals surface area contributed by atoms with Crippen molar-refractivity contribution in [3.63, 3.8) is 0 Å². The maximum absolute atomic E-state index is 5.48. The molecular weight excluding hydrogens is 413 g/mol. The van der Waals surface area contributed by atoms with Crippen LogP contribution in [0.15, 0.2) is 17.1 Å². The number of nitrogens with one attached hydrogen (secondary N) is 1. The van der Waals surface area contributed by atoms with Gasteiger partial charge < -0.3 is 15.0 Å². The first kappa shape index (κ1) is 21.2. The Morgan fingerprint density at radius 1 is 1.29 bits per heavy atom. The highest BCUT2D eigenvalue weighted by Gasteiger charge is 2.19. The Labute approximate surface area is 164 Å². The first-order valence-electron chi connectivity index (χ1n) is 8.65. The van der Waals surface area contributed by atoms with E-state index in [1.54, 1.807) is 0 Å². The van der Waals surface area contributed by atoms with Crippen molar-refractivity contribution in [1.29, 1.82) is 0 Å². The molecule has 1 saturated heterocycles. The lowest BCUT2D eigenvalue weighted by atomic mass is 10.00. The van der Waals surface area contributed by atoms with E-state index < -0.39 is 0 Å². The van der Waals surface area contributed by atoms with Crippen LogP contribution < -0.4 is 5.32 Å². The van der Waals surface area contributed by atoms with Crippen LogP contribution in [0.2, 0.25) is 0 Å². The summed E-state index contributed by atoms with van der Waals surface area (Å²) in [6.07, 6.45) is 1.15. The number of hydrogen-bond donors (Lipinski definition) is 1. The molecule has 24 heavy (non-hydrogen) atoms. The summed E-state index contributed by atoms with van der Waals surface area (Å²) in [5.41, 5.74) is 5.31. The van der Waals surface area contributed by atoms with Crippen LogP contribution in [0, 0.1) is 26.7 Å². The molecule has 0 radical (unpaired) electrons. The van der Waals surface area contributed by atoms with Crippen molar-refractivity contribution in [2.45, 2.75) is 40.7 Å². The predicted octanol–water partition coefficient (Wildman–Crippen LogP) is 3.66. The molecule has 1 atom stereocenters. The van der Waals surface area contributed by atoms with Crippen LogP contribution in [0.4, 0.5) is 0 Å². The van der Waals surface area contributed by atoms with Gasteiger partial charge in [0.1, 0.15) is 0 Å². The van der Waals surface area contributed by atoms with E-state index in [2.05, 4.69) is 57.1 Å². The van der Waals surface area contributed by atoms with Crippen molar-refractivity contribution in [2.24, 2.45) is 10.9 Å². The average molecular weight is 445 g/mol. The van der Waals surface area contributed by atoms with Crippen molar-refractivity contribution in [3.8, 4) is 0 Å². The Balaban J connectivity index is 0.00000288. The molecule has 0 saturated carbocycles. The van der Waals surface area contributed by atoms with Gasteiger partial charge in [0, 0.05) is 32.7 Å². The Morgan fingerprint density at radius 3 is 2.50 bits per heavy atom. The van der Waals surface area contributed by atoms with Gasteiger partial charge in [-0.25, -0.2) is 4.99 Å². The Bertz CT molecular complexity index is 531. The van der Waals surface area contributed by atoms with Crippen LogP contribution in [-0.2, 0) is 11.3 Å². The quantitative estimate of drug-likeness (QED) is 0.427. The topological polar surface area (TPSA) is 36.9 Å². The zero-order valence-corrected chi connectivity index (χ0v) is 18.0. The van der Waals surface area contributed by atoms with Gasteiger partial charge >= 0.3 is 0 Å². The zero-order chi connectivity index (χ0) is 16.8. The van der Waals surface area contributed by atoms with Crippen LogP contribution in [-0.4, -0.2) is 44.2 Å². The molecule has 1 heterocycles. The summed E-state index contributed by atoms with van der Waals surface area (Å²) < 4.78 is 5.48. The van der Waals surface area contributed by atoms with Gasteiger partial charge in [-0.05, 0) is 50.8 Å². The summed E-state index contributed by atoms with van der Waals surface area (Å²) in [5, 5.41) is 3.41. The lowest BCUT2D eigenvalue weighted by Crippen LogP contribution is -2.41. The van der Waals surface area contributed by atoms with Crippen molar-refractivity contribution in [3.05, 3.63) is 34.4 Å². The lowest BCUT2D eigenvalue weighted by molar-refractivity contribution is 0.181. The molecule has 2 rings (SSSR count). The zero-order valence-electron chi connectivity index (χ0n) is 15.7. The number of benzene rings is 1. The normalized spacial score (nSPS) is 17.5. The summed E-state index contributed by atoms with van der Waals surface area (Å²) in [4.78, 5) is 7.11. The molecule has 1 aromatic rings. The summed E-state index contributed by atoms with van der Waals surface area (Å²) in [6, 6.07) is 4.48. The first-order chi connectivity index (χ1) is 11.0. The molecule has 0 aromatic heterocycles. The highest BCUT2D eigenvalue weighted by molar-refractivity contribution is 14.0. The van der Waals surface area contributed by atoms with Gasteiger partial charge in [-0.3, -0.25) is 0 Å². The van der Waals surface area contributed by atoms with Gasteiger partial charge in [0.25, 0.3) is 0 Å². The molecule has 0 amide bonds. The Morgan fingerprint density at radius 2 is 1.96 bits per heavy atom. The van der Waals surface area contributed by atoms with E-state index in [4.69, 9.17) is 9.73 Å². The van der Waals surface area contributed by atoms with Gasteiger partial charge in [-0.1, -0.05) is 17.7 Å². The van der Waals surface area contributed by atoms with Crippen molar-refractivity contribution < 1.29 is 4.74 Å². The fourth-order valence-corrected chi connectivity index (χ4v) is 3.28. The molecule has 0 aliphatic carbocycles. The van der Waals surface area contributed by atoms with Gasteiger partial charge in [0.05, 0.1) is 13.2 Å². The molecule has 5 heteroatoms. The van der Waals surface area contributed by atoms with E-state index in [1.165, 1.54) is 22.3 Å². The molecule has 0 bridgehead atoms. The lowest BCUT2D eigenvalue weighted by Gasteiger charge is -2.24. The minimum atomic E-state index is 0. The number of aliphatic imine (C=N–C) groups is 1. The molecule has 4 nitrogen and oxygen atoms in total. The van der Waals surface area contributed by atoms with E-state index in [9.17, 15) is 0 Å². The Kier molecular flexibility index (Phi) is 9.05. The molecule has 136 valence electrons. The third kappa shape index (κ3) is 5.92. The van der Waals surface area contributed by atoms with Crippen molar-refractivity contribution in [1.82, 2.24) is 10.2 Å². The summed E-state index contributed by atoms with van der Waals surface area (Å²) >= 11 is 0. The van der Waals surface area contributed by atoms with Crippen LogP contribution in [0.25, 0.3) is 0 Å². The number of hydrogen-bond acceptors (Lipinski definition) is 2. The largest absolute Gasteiger partial charge is 0.381 e. The predicted molar refractivity (Wildman–Crippen MR) is 112 cm³/mol. The molecular formula is C19H32IN3O. The van der Waals surface area contributed by atoms with Gasteiger partial charge in [-0.2, -0.15) is 0 Å². The monoisotopic (exact) mass is 445 g/mol. The van der Waals surface area contributed by atoms with Gasteiger partial charge in [0.15, 0.2) is 5.96 Å². The van der Waals surface area contributed by atoms with Crippen LogP contribution in [0.5, 0.6) is 0 Å². The minimum absolute atomic E-state index is 0. The maximum Gasteiger partial charge on any atom is 0.193 e. The fraction of sp³-hybridized carbons (Fsp3) is 0.632. The van der Waals surface area contributed by atoms with E-state index in [0.29, 0.717) is 5.92 Å². The molecule has 1 aliphatic rings. The van der Waals surface area contributed by atoms with Gasteiger partial charge in [0.2, 0.25) is 0 Å². The molecule has 1 aliphatic heterocycles. The van der Waals surface area contributed by atoms with Gasteiger partial charge in [-0.15, -0.1) is 24.0 Å². The maximum atomic E-state index is 5.48. The van der Waals surface area contributed by atoms with Crippen LogP contribution >= 0.6 is 24.0 Å². The average Bonchev–Trinajstić information content (AvgIpc) is 2.97. The molecule has 0 spiro atoms. The molecule has 1 N–H and O–H groups in total. The second kappa shape index (κ2) is 10.2. The third-order valence-electron chi connectivity index (χ3n) is 4.48. The van der Waals surface area contributed by atoms with Crippen molar-refractivity contribution >= 4 is 29.9 Å². The molecule has 1 aromatic carbocycles. The Hall–Kier alpha value is -0.820. The van der Waals surface area contributed by atoms with Crippen molar-refractivity contribution in [2.75, 3.05) is 33.4 Å².